The fourth-order valence-electron chi connectivity index (χ4n) is 2.63. The van der Waals surface area contributed by atoms with E-state index < -0.39 is 11.7 Å². The van der Waals surface area contributed by atoms with Crippen molar-refractivity contribution in [2.24, 2.45) is 0 Å². The Hall–Kier alpha value is -2.61. The van der Waals surface area contributed by atoms with Crippen molar-refractivity contribution in [3.05, 3.63) is 57.8 Å². The number of halogens is 2. The van der Waals surface area contributed by atoms with Crippen molar-refractivity contribution in [3.63, 3.8) is 0 Å². The molecule has 2 aromatic rings. The number of hydrogen-bond acceptors (Lipinski definition) is 4. The average molecular weight is 453 g/mol. The minimum absolute atomic E-state index is 0.0787. The molecule has 1 atom stereocenters. The molecule has 150 valence electrons. The summed E-state index contributed by atoms with van der Waals surface area (Å²) in [6.07, 6.45) is 0.0787. The first-order chi connectivity index (χ1) is 13.3. The number of ether oxygens (including phenoxy) is 2. The topological polar surface area (TPSA) is 76.7 Å². The van der Waals surface area contributed by atoms with Gasteiger partial charge in [-0.1, -0.05) is 0 Å². The van der Waals surface area contributed by atoms with Crippen molar-refractivity contribution in [2.75, 3.05) is 20.8 Å². The molecule has 0 saturated carbocycles. The Bertz CT molecular complexity index is 860. The monoisotopic (exact) mass is 452 g/mol. The van der Waals surface area contributed by atoms with Gasteiger partial charge in [0, 0.05) is 23.0 Å². The SMILES string of the molecule is COc1ccc(OC)c(C(C)NC(=O)CCNC(=O)c2cc(F)ccc2Br)c1. The molecule has 8 heteroatoms. The summed E-state index contributed by atoms with van der Waals surface area (Å²) in [4.78, 5) is 24.3. The largest absolute Gasteiger partial charge is 0.497 e. The van der Waals surface area contributed by atoms with E-state index in [0.717, 1.165) is 11.6 Å². The van der Waals surface area contributed by atoms with Crippen LogP contribution in [0.2, 0.25) is 0 Å². The summed E-state index contributed by atoms with van der Waals surface area (Å²) in [5.74, 6) is 0.0903. The summed E-state index contributed by atoms with van der Waals surface area (Å²) in [6.45, 7) is 1.95. The molecule has 2 amide bonds. The highest BCUT2D eigenvalue weighted by molar-refractivity contribution is 9.10. The Morgan fingerprint density at radius 3 is 2.57 bits per heavy atom. The predicted octanol–water partition coefficient (Wildman–Crippen LogP) is 3.60. The minimum Gasteiger partial charge on any atom is -0.497 e. The second kappa shape index (κ2) is 10.1. The van der Waals surface area contributed by atoms with Crippen molar-refractivity contribution in [1.82, 2.24) is 10.6 Å². The van der Waals surface area contributed by atoms with Crippen molar-refractivity contribution in [2.45, 2.75) is 19.4 Å². The zero-order valence-corrected chi connectivity index (χ0v) is 17.4. The fourth-order valence-corrected chi connectivity index (χ4v) is 3.05. The molecule has 2 N–H and O–H groups in total. The second-order valence-electron chi connectivity index (χ2n) is 6.03. The van der Waals surface area contributed by atoms with E-state index in [1.165, 1.54) is 12.1 Å². The second-order valence-corrected chi connectivity index (χ2v) is 6.88. The van der Waals surface area contributed by atoms with Crippen LogP contribution in [0.25, 0.3) is 0 Å². The molecule has 0 aliphatic carbocycles. The molecule has 0 saturated heterocycles. The van der Waals surface area contributed by atoms with Gasteiger partial charge in [-0.25, -0.2) is 4.39 Å². The normalized spacial score (nSPS) is 11.5. The van der Waals surface area contributed by atoms with Gasteiger partial charge in [0.2, 0.25) is 5.91 Å². The number of carbonyl (C=O) groups is 2. The Labute approximate surface area is 171 Å². The molecule has 0 bridgehead atoms. The van der Waals surface area contributed by atoms with Crippen LogP contribution in [0, 0.1) is 5.82 Å². The van der Waals surface area contributed by atoms with E-state index in [1.54, 1.807) is 32.4 Å². The highest BCUT2D eigenvalue weighted by atomic mass is 79.9. The molecule has 0 aromatic heterocycles. The van der Waals surface area contributed by atoms with Crippen molar-refractivity contribution < 1.29 is 23.5 Å². The summed E-state index contributed by atoms with van der Waals surface area (Å²) >= 11 is 3.21. The molecular weight excluding hydrogens is 431 g/mol. The van der Waals surface area contributed by atoms with Gasteiger partial charge in [0.15, 0.2) is 0 Å². The van der Waals surface area contributed by atoms with E-state index in [-0.39, 0.29) is 30.5 Å². The summed E-state index contributed by atoms with van der Waals surface area (Å²) in [5, 5.41) is 5.47. The average Bonchev–Trinajstić information content (AvgIpc) is 2.68. The van der Waals surface area contributed by atoms with Crippen molar-refractivity contribution >= 4 is 27.7 Å². The number of hydrogen-bond donors (Lipinski definition) is 2. The Morgan fingerprint density at radius 2 is 1.89 bits per heavy atom. The first kappa shape index (κ1) is 21.7. The van der Waals surface area contributed by atoms with Gasteiger partial charge in [-0.3, -0.25) is 9.59 Å². The third kappa shape index (κ3) is 5.69. The third-order valence-electron chi connectivity index (χ3n) is 4.09. The molecule has 0 radical (unpaired) electrons. The minimum atomic E-state index is -0.507. The van der Waals surface area contributed by atoms with E-state index in [0.29, 0.717) is 16.0 Å². The van der Waals surface area contributed by atoms with Gasteiger partial charge in [-0.2, -0.15) is 0 Å². The maximum atomic E-state index is 13.3. The van der Waals surface area contributed by atoms with E-state index in [9.17, 15) is 14.0 Å². The van der Waals surface area contributed by atoms with Crippen LogP contribution in [0.4, 0.5) is 4.39 Å². The highest BCUT2D eigenvalue weighted by Crippen LogP contribution is 2.29. The quantitative estimate of drug-likeness (QED) is 0.641. The fraction of sp³-hybridized carbons (Fsp3) is 0.300. The molecule has 1 unspecified atom stereocenters. The van der Waals surface area contributed by atoms with E-state index in [1.807, 2.05) is 6.92 Å². The van der Waals surface area contributed by atoms with Crippen LogP contribution in [0.1, 0.15) is 35.3 Å². The number of carbonyl (C=O) groups excluding carboxylic acids is 2. The first-order valence-corrected chi connectivity index (χ1v) is 9.39. The molecule has 2 rings (SSSR count). The number of amides is 2. The van der Waals surface area contributed by atoms with Gasteiger partial charge in [0.05, 0.1) is 25.8 Å². The van der Waals surface area contributed by atoms with Gasteiger partial charge >= 0.3 is 0 Å². The number of benzene rings is 2. The lowest BCUT2D eigenvalue weighted by molar-refractivity contribution is -0.121. The van der Waals surface area contributed by atoms with Gasteiger partial charge in [-0.05, 0) is 59.3 Å². The zero-order chi connectivity index (χ0) is 20.7. The summed E-state index contributed by atoms with van der Waals surface area (Å²) in [5.41, 5.74) is 0.956. The van der Waals surface area contributed by atoms with Crippen LogP contribution in [-0.2, 0) is 4.79 Å². The van der Waals surface area contributed by atoms with Gasteiger partial charge in [-0.15, -0.1) is 0 Å². The van der Waals surface area contributed by atoms with E-state index >= 15 is 0 Å². The summed E-state index contributed by atoms with van der Waals surface area (Å²) in [7, 11) is 3.12. The van der Waals surface area contributed by atoms with Crippen LogP contribution >= 0.6 is 15.9 Å². The molecule has 2 aromatic carbocycles. The molecular formula is C20H22BrFN2O4. The lowest BCUT2D eigenvalue weighted by Gasteiger charge is -2.18. The number of rotatable bonds is 8. The molecule has 6 nitrogen and oxygen atoms in total. The molecule has 0 heterocycles. The Balaban J connectivity index is 1.90. The third-order valence-corrected chi connectivity index (χ3v) is 4.78. The molecule has 0 aliphatic rings. The molecule has 0 spiro atoms. The maximum absolute atomic E-state index is 13.3. The summed E-state index contributed by atoms with van der Waals surface area (Å²) in [6, 6.07) is 8.88. The maximum Gasteiger partial charge on any atom is 0.252 e. The van der Waals surface area contributed by atoms with Crippen molar-refractivity contribution in [3.8, 4) is 11.5 Å². The van der Waals surface area contributed by atoms with Crippen LogP contribution in [0.15, 0.2) is 40.9 Å². The molecule has 0 aliphatic heterocycles. The Kier molecular flexibility index (Phi) is 7.80. The van der Waals surface area contributed by atoms with Crippen LogP contribution in [0.5, 0.6) is 11.5 Å². The lowest BCUT2D eigenvalue weighted by Crippen LogP contribution is -2.32. The highest BCUT2D eigenvalue weighted by Gasteiger charge is 2.16. The Morgan fingerprint density at radius 1 is 1.14 bits per heavy atom. The number of nitrogens with one attached hydrogen (secondary N) is 2. The standard InChI is InChI=1S/C20H22BrFN2O4/c1-12(15-11-14(27-2)5-7-18(15)28-3)24-19(25)8-9-23-20(26)16-10-13(22)4-6-17(16)21/h4-7,10-12H,8-9H2,1-3H3,(H,23,26)(H,24,25). The zero-order valence-electron chi connectivity index (χ0n) is 15.8. The van der Waals surface area contributed by atoms with Crippen LogP contribution in [-0.4, -0.2) is 32.6 Å². The van der Waals surface area contributed by atoms with Gasteiger partial charge in [0.1, 0.15) is 17.3 Å². The first-order valence-electron chi connectivity index (χ1n) is 8.60. The van der Waals surface area contributed by atoms with Gasteiger partial charge < -0.3 is 20.1 Å². The summed E-state index contributed by atoms with van der Waals surface area (Å²) < 4.78 is 24.3. The van der Waals surface area contributed by atoms with E-state index in [4.69, 9.17) is 9.47 Å². The molecule has 28 heavy (non-hydrogen) atoms. The van der Waals surface area contributed by atoms with Crippen molar-refractivity contribution in [1.29, 1.82) is 0 Å². The van der Waals surface area contributed by atoms with Gasteiger partial charge in [0.25, 0.3) is 5.91 Å². The van der Waals surface area contributed by atoms with E-state index in [2.05, 4.69) is 26.6 Å². The molecule has 0 fully saturated rings. The smallest absolute Gasteiger partial charge is 0.252 e. The predicted molar refractivity (Wildman–Crippen MR) is 107 cm³/mol. The lowest BCUT2D eigenvalue weighted by atomic mass is 10.1. The number of methoxy groups -OCH3 is 2. The van der Waals surface area contributed by atoms with Crippen LogP contribution < -0.4 is 20.1 Å². The van der Waals surface area contributed by atoms with Crippen LogP contribution in [0.3, 0.4) is 0 Å².